The summed E-state index contributed by atoms with van der Waals surface area (Å²) in [5.74, 6) is -0.0510. The van der Waals surface area contributed by atoms with Gasteiger partial charge >= 0.3 is 0 Å². The van der Waals surface area contributed by atoms with Crippen LogP contribution in [0.3, 0.4) is 0 Å². The molecule has 0 N–H and O–H groups in total. The average molecular weight is 380 g/mol. The minimum atomic E-state index is -0.514. The van der Waals surface area contributed by atoms with Crippen molar-refractivity contribution in [3.05, 3.63) is 19.2 Å². The Morgan fingerprint density at radius 2 is 2.41 bits per heavy atom. The van der Waals surface area contributed by atoms with Crippen molar-refractivity contribution in [2.24, 2.45) is 0 Å². The lowest BCUT2D eigenvalue weighted by Crippen LogP contribution is -2.44. The Morgan fingerprint density at radius 3 is 3.00 bits per heavy atom. The van der Waals surface area contributed by atoms with Gasteiger partial charge in [-0.3, -0.25) is 4.79 Å². The van der Waals surface area contributed by atoms with Crippen LogP contribution in [0.25, 0.3) is 0 Å². The van der Waals surface area contributed by atoms with Gasteiger partial charge in [-0.05, 0) is 37.9 Å². The van der Waals surface area contributed by atoms with Gasteiger partial charge in [-0.1, -0.05) is 0 Å². The van der Waals surface area contributed by atoms with Gasteiger partial charge in [-0.2, -0.15) is 5.26 Å². The van der Waals surface area contributed by atoms with Crippen molar-refractivity contribution >= 4 is 49.1 Å². The standard InChI is InChI=1S/C10H8Br2N2O2S/c11-7-3-8(17-9(7)12)10(15)14-1-2-16-6(4-13)5-14/h3,6H,1-2,5H2. The summed E-state index contributed by atoms with van der Waals surface area (Å²) in [5, 5.41) is 8.78. The molecule has 1 aliphatic rings. The van der Waals surface area contributed by atoms with Crippen LogP contribution in [0.15, 0.2) is 14.3 Å². The van der Waals surface area contributed by atoms with E-state index in [4.69, 9.17) is 10.00 Å². The van der Waals surface area contributed by atoms with E-state index in [9.17, 15) is 4.79 Å². The lowest BCUT2D eigenvalue weighted by atomic mass is 10.3. The monoisotopic (exact) mass is 378 g/mol. The predicted octanol–water partition coefficient (Wildman–Crippen LogP) is 2.64. The number of hydrogen-bond acceptors (Lipinski definition) is 4. The number of amides is 1. The van der Waals surface area contributed by atoms with Crippen molar-refractivity contribution in [1.29, 1.82) is 5.26 Å². The maximum Gasteiger partial charge on any atom is 0.264 e. The van der Waals surface area contributed by atoms with Crippen LogP contribution in [0.2, 0.25) is 0 Å². The van der Waals surface area contributed by atoms with Crippen LogP contribution < -0.4 is 0 Å². The summed E-state index contributed by atoms with van der Waals surface area (Å²) in [6.45, 7) is 1.28. The summed E-state index contributed by atoms with van der Waals surface area (Å²) < 4.78 is 6.97. The highest BCUT2D eigenvalue weighted by atomic mass is 79.9. The molecular weight excluding hydrogens is 372 g/mol. The first-order valence-electron chi connectivity index (χ1n) is 4.87. The highest BCUT2D eigenvalue weighted by Crippen LogP contribution is 2.33. The Morgan fingerprint density at radius 1 is 1.65 bits per heavy atom. The first kappa shape index (κ1) is 13.0. The molecule has 1 amide bonds. The largest absolute Gasteiger partial charge is 0.360 e. The highest BCUT2D eigenvalue weighted by molar-refractivity contribution is 9.13. The van der Waals surface area contributed by atoms with E-state index >= 15 is 0 Å². The predicted molar refractivity (Wildman–Crippen MR) is 71.0 cm³/mol. The maximum atomic E-state index is 12.2. The van der Waals surface area contributed by atoms with E-state index in [0.717, 1.165) is 8.26 Å². The van der Waals surface area contributed by atoms with E-state index < -0.39 is 6.10 Å². The Hall–Kier alpha value is -0.420. The van der Waals surface area contributed by atoms with Gasteiger partial charge in [0.25, 0.3) is 5.91 Å². The second-order valence-corrected chi connectivity index (χ2v) is 6.70. The molecule has 1 unspecified atom stereocenters. The zero-order valence-corrected chi connectivity index (χ0v) is 12.6. The normalized spacial score (nSPS) is 20.1. The number of hydrogen-bond donors (Lipinski definition) is 0. The van der Waals surface area contributed by atoms with E-state index in [2.05, 4.69) is 31.9 Å². The Balaban J connectivity index is 2.12. The lowest BCUT2D eigenvalue weighted by Gasteiger charge is -2.29. The van der Waals surface area contributed by atoms with Crippen LogP contribution in [0.1, 0.15) is 9.67 Å². The molecule has 2 heterocycles. The van der Waals surface area contributed by atoms with Gasteiger partial charge in [0.2, 0.25) is 0 Å². The van der Waals surface area contributed by atoms with Crippen LogP contribution in [0, 0.1) is 11.3 Å². The van der Waals surface area contributed by atoms with Crippen molar-refractivity contribution < 1.29 is 9.53 Å². The van der Waals surface area contributed by atoms with Gasteiger partial charge in [0.05, 0.1) is 27.9 Å². The molecular formula is C10H8Br2N2O2S. The first-order valence-corrected chi connectivity index (χ1v) is 7.27. The van der Waals surface area contributed by atoms with E-state index in [1.54, 1.807) is 11.0 Å². The molecule has 90 valence electrons. The molecule has 0 saturated carbocycles. The molecule has 7 heteroatoms. The fourth-order valence-corrected chi connectivity index (χ4v) is 3.52. The van der Waals surface area contributed by atoms with Gasteiger partial charge in [0, 0.05) is 11.0 Å². The lowest BCUT2D eigenvalue weighted by molar-refractivity contribution is 0.00369. The number of nitrogens with zero attached hydrogens (tertiary/aromatic N) is 2. The van der Waals surface area contributed by atoms with E-state index in [-0.39, 0.29) is 5.91 Å². The summed E-state index contributed by atoms with van der Waals surface area (Å²) in [4.78, 5) is 14.5. The van der Waals surface area contributed by atoms with Crippen LogP contribution in [-0.2, 0) is 4.74 Å². The van der Waals surface area contributed by atoms with Gasteiger partial charge in [0.15, 0.2) is 6.10 Å². The third-order valence-corrected chi connectivity index (χ3v) is 5.60. The van der Waals surface area contributed by atoms with Crippen LogP contribution >= 0.6 is 43.2 Å². The zero-order valence-electron chi connectivity index (χ0n) is 8.65. The molecule has 0 aromatic carbocycles. The number of halogens is 2. The first-order chi connectivity index (χ1) is 8.11. The third-order valence-electron chi connectivity index (χ3n) is 2.35. The summed E-state index contributed by atoms with van der Waals surface area (Å²) >= 11 is 8.09. The molecule has 0 aliphatic carbocycles. The highest BCUT2D eigenvalue weighted by Gasteiger charge is 2.26. The second-order valence-electron chi connectivity index (χ2n) is 3.47. The summed E-state index contributed by atoms with van der Waals surface area (Å²) in [7, 11) is 0. The van der Waals surface area contributed by atoms with Crippen LogP contribution in [0.4, 0.5) is 0 Å². The number of nitriles is 1. The van der Waals surface area contributed by atoms with Crippen LogP contribution in [-0.4, -0.2) is 36.6 Å². The van der Waals surface area contributed by atoms with E-state index in [0.29, 0.717) is 24.6 Å². The number of carbonyl (C=O) groups excluding carboxylic acids is 1. The summed E-state index contributed by atoms with van der Waals surface area (Å²) in [5.41, 5.74) is 0. The SMILES string of the molecule is N#CC1CN(C(=O)c2cc(Br)c(Br)s2)CCO1. The zero-order chi connectivity index (χ0) is 12.4. The van der Waals surface area contributed by atoms with Gasteiger partial charge in [-0.25, -0.2) is 0 Å². The van der Waals surface area contributed by atoms with Gasteiger partial charge < -0.3 is 9.64 Å². The molecule has 1 saturated heterocycles. The smallest absolute Gasteiger partial charge is 0.264 e. The molecule has 1 aliphatic heterocycles. The van der Waals surface area contributed by atoms with Gasteiger partial charge in [0.1, 0.15) is 0 Å². The minimum absolute atomic E-state index is 0.0510. The van der Waals surface area contributed by atoms with Crippen LogP contribution in [0.5, 0.6) is 0 Å². The number of morpholine rings is 1. The van der Waals surface area contributed by atoms with Crippen molar-refractivity contribution in [2.75, 3.05) is 19.7 Å². The molecule has 1 fully saturated rings. The molecule has 1 aromatic rings. The number of rotatable bonds is 1. The Labute approximate surface area is 119 Å². The third kappa shape index (κ3) is 2.88. The van der Waals surface area contributed by atoms with Crippen molar-refractivity contribution in [2.45, 2.75) is 6.10 Å². The van der Waals surface area contributed by atoms with E-state index in [1.807, 2.05) is 6.07 Å². The quantitative estimate of drug-likeness (QED) is 0.753. The topological polar surface area (TPSA) is 53.3 Å². The minimum Gasteiger partial charge on any atom is -0.360 e. The molecule has 1 aromatic heterocycles. The number of ether oxygens (including phenoxy) is 1. The fourth-order valence-electron chi connectivity index (χ4n) is 1.52. The second kappa shape index (κ2) is 5.48. The van der Waals surface area contributed by atoms with Crippen molar-refractivity contribution in [3.8, 4) is 6.07 Å². The van der Waals surface area contributed by atoms with Crippen molar-refractivity contribution in [1.82, 2.24) is 4.90 Å². The Bertz CT molecular complexity index is 464. The molecule has 0 spiro atoms. The molecule has 2 rings (SSSR count). The van der Waals surface area contributed by atoms with E-state index in [1.165, 1.54) is 11.3 Å². The number of carbonyl (C=O) groups is 1. The number of thiophene rings is 1. The molecule has 0 radical (unpaired) electrons. The van der Waals surface area contributed by atoms with Crippen molar-refractivity contribution in [3.63, 3.8) is 0 Å². The average Bonchev–Trinajstić information content (AvgIpc) is 2.69. The molecule has 4 nitrogen and oxygen atoms in total. The summed E-state index contributed by atoms with van der Waals surface area (Å²) in [6, 6.07) is 3.81. The molecule has 0 bridgehead atoms. The fraction of sp³-hybridized carbons (Fsp3) is 0.400. The molecule has 1 atom stereocenters. The summed E-state index contributed by atoms with van der Waals surface area (Å²) in [6.07, 6.45) is -0.514. The maximum absolute atomic E-state index is 12.2. The molecule has 17 heavy (non-hydrogen) atoms. The Kier molecular flexibility index (Phi) is 4.20. The van der Waals surface area contributed by atoms with Gasteiger partial charge in [-0.15, -0.1) is 11.3 Å².